The van der Waals surface area contributed by atoms with Gasteiger partial charge in [-0.25, -0.2) is 0 Å². The third kappa shape index (κ3) is 5.04. The largest absolute Gasteiger partial charge is 0.497 e. The first-order valence-corrected chi connectivity index (χ1v) is 9.94. The molecule has 2 aromatic carbocycles. The van der Waals surface area contributed by atoms with E-state index in [9.17, 15) is 4.79 Å². The second-order valence-electron chi connectivity index (χ2n) is 7.23. The summed E-state index contributed by atoms with van der Waals surface area (Å²) in [6, 6.07) is 16.4. The Kier molecular flexibility index (Phi) is 6.93. The average molecular weight is 383 g/mol. The van der Waals surface area contributed by atoms with Crippen LogP contribution in [0, 0.1) is 0 Å². The van der Waals surface area contributed by atoms with Gasteiger partial charge in [0.2, 0.25) is 5.91 Å². The van der Waals surface area contributed by atoms with Gasteiger partial charge in [0.25, 0.3) is 0 Å². The lowest BCUT2D eigenvalue weighted by atomic mass is 10.0. The summed E-state index contributed by atoms with van der Waals surface area (Å²) in [7, 11) is 3.56. The molecule has 0 aliphatic carbocycles. The predicted molar refractivity (Wildman–Crippen MR) is 111 cm³/mol. The molecule has 28 heavy (non-hydrogen) atoms. The van der Waals surface area contributed by atoms with E-state index in [0.717, 1.165) is 36.4 Å². The second kappa shape index (κ2) is 9.60. The summed E-state index contributed by atoms with van der Waals surface area (Å²) in [6.07, 6.45) is 2.18. The lowest BCUT2D eigenvalue weighted by Gasteiger charge is -2.27. The van der Waals surface area contributed by atoms with Crippen molar-refractivity contribution in [1.82, 2.24) is 9.80 Å². The zero-order valence-electron chi connectivity index (χ0n) is 17.1. The molecule has 0 saturated carbocycles. The van der Waals surface area contributed by atoms with Crippen LogP contribution in [0.15, 0.2) is 48.5 Å². The quantitative estimate of drug-likeness (QED) is 0.695. The summed E-state index contributed by atoms with van der Waals surface area (Å²) >= 11 is 0. The Morgan fingerprint density at radius 2 is 1.96 bits per heavy atom. The van der Waals surface area contributed by atoms with Crippen molar-refractivity contribution < 1.29 is 14.3 Å². The molecule has 1 aliphatic heterocycles. The minimum atomic E-state index is 0.142. The molecule has 1 fully saturated rings. The van der Waals surface area contributed by atoms with Crippen LogP contribution < -0.4 is 9.47 Å². The van der Waals surface area contributed by atoms with E-state index in [1.54, 1.807) is 12.0 Å². The van der Waals surface area contributed by atoms with E-state index in [1.165, 1.54) is 5.56 Å². The number of hydrogen-bond donors (Lipinski definition) is 0. The number of likely N-dealkylation sites (N-methyl/N-ethyl adjacent to an activating group) is 1. The maximum absolute atomic E-state index is 12.8. The van der Waals surface area contributed by atoms with Gasteiger partial charge in [-0.3, -0.25) is 9.69 Å². The Bertz CT molecular complexity index is 776. The normalized spacial score (nSPS) is 16.8. The first-order chi connectivity index (χ1) is 13.6. The van der Waals surface area contributed by atoms with Crippen molar-refractivity contribution in [2.24, 2.45) is 0 Å². The van der Waals surface area contributed by atoms with Crippen LogP contribution in [0.4, 0.5) is 0 Å². The summed E-state index contributed by atoms with van der Waals surface area (Å²) in [5, 5.41) is 0. The lowest BCUT2D eigenvalue weighted by molar-refractivity contribution is -0.131. The van der Waals surface area contributed by atoms with Gasteiger partial charge >= 0.3 is 0 Å². The molecule has 0 radical (unpaired) electrons. The fraction of sp³-hybridized carbons (Fsp3) is 0.435. The molecule has 0 aromatic heterocycles. The molecule has 150 valence electrons. The van der Waals surface area contributed by atoms with Gasteiger partial charge in [0.15, 0.2) is 0 Å². The average Bonchev–Trinajstić information content (AvgIpc) is 3.17. The molecular formula is C23H30N2O3. The standard InChI is InChI=1S/C23H30N2O3/c1-4-28-20-12-10-18(11-13-20)16-24(2)23(26)17-25-14-6-9-22(25)19-7-5-8-21(15-19)27-3/h5,7-8,10-13,15,22H,4,6,9,14,16-17H2,1-3H3. The molecule has 2 aromatic rings. The monoisotopic (exact) mass is 382 g/mol. The van der Waals surface area contributed by atoms with Crippen LogP contribution in [0.3, 0.4) is 0 Å². The first-order valence-electron chi connectivity index (χ1n) is 9.94. The van der Waals surface area contributed by atoms with Crippen molar-refractivity contribution in [2.75, 3.05) is 33.9 Å². The third-order valence-electron chi connectivity index (χ3n) is 5.26. The SMILES string of the molecule is CCOc1ccc(CN(C)C(=O)CN2CCCC2c2cccc(OC)c2)cc1. The van der Waals surface area contributed by atoms with Crippen molar-refractivity contribution in [3.63, 3.8) is 0 Å². The third-order valence-corrected chi connectivity index (χ3v) is 5.26. The highest BCUT2D eigenvalue weighted by Gasteiger charge is 2.28. The Labute approximate surface area is 167 Å². The van der Waals surface area contributed by atoms with Crippen LogP contribution >= 0.6 is 0 Å². The Balaban J connectivity index is 1.59. The predicted octanol–water partition coefficient (Wildman–Crippen LogP) is 3.89. The number of rotatable bonds is 8. The summed E-state index contributed by atoms with van der Waals surface area (Å²) in [6.45, 7) is 4.61. The highest BCUT2D eigenvalue weighted by molar-refractivity contribution is 5.78. The second-order valence-corrected chi connectivity index (χ2v) is 7.23. The number of hydrogen-bond acceptors (Lipinski definition) is 4. The van der Waals surface area contributed by atoms with Crippen LogP contribution in [0.5, 0.6) is 11.5 Å². The summed E-state index contributed by atoms with van der Waals surface area (Å²) in [5.41, 5.74) is 2.32. The highest BCUT2D eigenvalue weighted by Crippen LogP contribution is 2.33. The molecule has 5 nitrogen and oxygen atoms in total. The van der Waals surface area contributed by atoms with Crippen molar-refractivity contribution in [1.29, 1.82) is 0 Å². The van der Waals surface area contributed by atoms with E-state index in [-0.39, 0.29) is 11.9 Å². The molecule has 1 amide bonds. The van der Waals surface area contributed by atoms with Gasteiger partial charge in [-0.15, -0.1) is 0 Å². The van der Waals surface area contributed by atoms with Crippen molar-refractivity contribution in [3.8, 4) is 11.5 Å². The Morgan fingerprint density at radius 1 is 1.18 bits per heavy atom. The van der Waals surface area contributed by atoms with E-state index >= 15 is 0 Å². The molecule has 0 spiro atoms. The van der Waals surface area contributed by atoms with Crippen LogP contribution in [0.1, 0.15) is 36.9 Å². The van der Waals surface area contributed by atoms with Gasteiger partial charge in [0.1, 0.15) is 11.5 Å². The number of carbonyl (C=O) groups is 1. The molecule has 1 unspecified atom stereocenters. The minimum absolute atomic E-state index is 0.142. The van der Waals surface area contributed by atoms with Crippen LogP contribution in [0.25, 0.3) is 0 Å². The zero-order chi connectivity index (χ0) is 19.9. The van der Waals surface area contributed by atoms with Gasteiger partial charge in [0.05, 0.1) is 20.3 Å². The van der Waals surface area contributed by atoms with Gasteiger partial charge in [-0.1, -0.05) is 24.3 Å². The summed E-state index contributed by atoms with van der Waals surface area (Å²) in [4.78, 5) is 16.9. The number of methoxy groups -OCH3 is 1. The number of ether oxygens (including phenoxy) is 2. The number of amides is 1. The smallest absolute Gasteiger partial charge is 0.236 e. The van der Waals surface area contributed by atoms with Gasteiger partial charge < -0.3 is 14.4 Å². The fourth-order valence-corrected chi connectivity index (χ4v) is 3.76. The highest BCUT2D eigenvalue weighted by atomic mass is 16.5. The Hall–Kier alpha value is -2.53. The summed E-state index contributed by atoms with van der Waals surface area (Å²) < 4.78 is 10.8. The van der Waals surface area contributed by atoms with Crippen LogP contribution in [-0.2, 0) is 11.3 Å². The first kappa shape index (κ1) is 20.2. The van der Waals surface area contributed by atoms with Crippen LogP contribution in [-0.4, -0.2) is 49.6 Å². The molecule has 0 N–H and O–H groups in total. The molecule has 0 bridgehead atoms. The molecule has 3 rings (SSSR count). The molecule has 1 atom stereocenters. The molecular weight excluding hydrogens is 352 g/mol. The zero-order valence-corrected chi connectivity index (χ0v) is 17.1. The topological polar surface area (TPSA) is 42.0 Å². The number of carbonyl (C=O) groups excluding carboxylic acids is 1. The number of nitrogens with zero attached hydrogens (tertiary/aromatic N) is 2. The van der Waals surface area contributed by atoms with Crippen LogP contribution in [0.2, 0.25) is 0 Å². The lowest BCUT2D eigenvalue weighted by Crippen LogP contribution is -2.37. The number of benzene rings is 2. The number of likely N-dealkylation sites (tertiary alicyclic amines) is 1. The minimum Gasteiger partial charge on any atom is -0.497 e. The van der Waals surface area contributed by atoms with Gasteiger partial charge in [-0.2, -0.15) is 0 Å². The van der Waals surface area contributed by atoms with Gasteiger partial charge in [-0.05, 0) is 61.7 Å². The van der Waals surface area contributed by atoms with E-state index in [1.807, 2.05) is 50.4 Å². The van der Waals surface area contributed by atoms with E-state index in [2.05, 4.69) is 17.0 Å². The van der Waals surface area contributed by atoms with Crippen molar-refractivity contribution in [3.05, 3.63) is 59.7 Å². The molecule has 5 heteroatoms. The fourth-order valence-electron chi connectivity index (χ4n) is 3.76. The summed E-state index contributed by atoms with van der Waals surface area (Å²) in [5.74, 6) is 1.87. The Morgan fingerprint density at radius 3 is 2.68 bits per heavy atom. The maximum atomic E-state index is 12.8. The maximum Gasteiger partial charge on any atom is 0.236 e. The van der Waals surface area contributed by atoms with E-state index in [0.29, 0.717) is 19.7 Å². The molecule has 1 saturated heterocycles. The molecule has 1 aliphatic rings. The molecule has 1 heterocycles. The van der Waals surface area contributed by atoms with Gasteiger partial charge in [0, 0.05) is 19.6 Å². The van der Waals surface area contributed by atoms with Crippen molar-refractivity contribution in [2.45, 2.75) is 32.4 Å². The van der Waals surface area contributed by atoms with E-state index < -0.39 is 0 Å². The van der Waals surface area contributed by atoms with Crippen molar-refractivity contribution >= 4 is 5.91 Å². The van der Waals surface area contributed by atoms with E-state index in [4.69, 9.17) is 9.47 Å².